The first-order chi connectivity index (χ1) is 7.70. The molecule has 3 fully saturated rings. The average Bonchev–Trinajstić information content (AvgIpc) is 2.59. The van der Waals surface area contributed by atoms with Gasteiger partial charge in [0, 0.05) is 24.7 Å². The minimum atomic E-state index is 0.128. The molecule has 0 amide bonds. The summed E-state index contributed by atoms with van der Waals surface area (Å²) in [6, 6.07) is 1.96. The summed E-state index contributed by atoms with van der Waals surface area (Å²) in [5, 5.41) is 7.41. The van der Waals surface area contributed by atoms with E-state index in [1.165, 1.54) is 25.7 Å². The van der Waals surface area contributed by atoms with Gasteiger partial charge in [0.1, 0.15) is 0 Å². The predicted octanol–water partition coefficient (Wildman–Crippen LogP) is 1.28. The van der Waals surface area contributed by atoms with Crippen molar-refractivity contribution >= 4 is 0 Å². The lowest BCUT2D eigenvalue weighted by Crippen LogP contribution is -2.65. The lowest BCUT2D eigenvalue weighted by atomic mass is 9.76. The van der Waals surface area contributed by atoms with Crippen LogP contribution >= 0.6 is 0 Å². The minimum Gasteiger partial charge on any atom is -0.372 e. The van der Waals surface area contributed by atoms with Crippen molar-refractivity contribution in [2.24, 2.45) is 5.92 Å². The van der Waals surface area contributed by atoms with Gasteiger partial charge >= 0.3 is 0 Å². The number of hydrogen-bond acceptors (Lipinski definition) is 3. The highest BCUT2D eigenvalue weighted by Gasteiger charge is 2.50. The van der Waals surface area contributed by atoms with Crippen LogP contribution < -0.4 is 10.6 Å². The van der Waals surface area contributed by atoms with Crippen LogP contribution in [0.25, 0.3) is 0 Å². The van der Waals surface area contributed by atoms with Gasteiger partial charge in [-0.1, -0.05) is 13.8 Å². The Labute approximate surface area is 98.3 Å². The highest BCUT2D eigenvalue weighted by molar-refractivity contribution is 5.08. The first-order valence-electron chi connectivity index (χ1n) is 6.83. The monoisotopic (exact) mass is 224 g/mol. The van der Waals surface area contributed by atoms with E-state index in [-0.39, 0.29) is 5.60 Å². The zero-order valence-corrected chi connectivity index (χ0v) is 10.5. The number of nitrogens with one attached hydrogen (secondary N) is 2. The Morgan fingerprint density at radius 1 is 1.19 bits per heavy atom. The molecule has 3 heteroatoms. The van der Waals surface area contributed by atoms with Crippen LogP contribution in [-0.2, 0) is 4.74 Å². The number of hydrogen-bond donors (Lipinski definition) is 2. The molecule has 3 unspecified atom stereocenters. The molecule has 0 aromatic carbocycles. The number of fused-ring (bicyclic) bond motifs is 2. The minimum absolute atomic E-state index is 0.128. The maximum Gasteiger partial charge on any atom is 0.0867 e. The van der Waals surface area contributed by atoms with Crippen molar-refractivity contribution < 1.29 is 4.74 Å². The lowest BCUT2D eigenvalue weighted by molar-refractivity contribution is -0.132. The van der Waals surface area contributed by atoms with Gasteiger partial charge < -0.3 is 15.4 Å². The van der Waals surface area contributed by atoms with Gasteiger partial charge in [-0.05, 0) is 31.6 Å². The smallest absolute Gasteiger partial charge is 0.0867 e. The van der Waals surface area contributed by atoms with Crippen LogP contribution in [0.2, 0.25) is 0 Å². The highest BCUT2D eigenvalue weighted by atomic mass is 16.5. The summed E-state index contributed by atoms with van der Waals surface area (Å²) >= 11 is 0. The maximum absolute atomic E-state index is 6.26. The molecular formula is C13H24N2O. The number of morpholine rings is 1. The molecule has 3 rings (SSSR count). The van der Waals surface area contributed by atoms with Crippen LogP contribution in [0.5, 0.6) is 0 Å². The summed E-state index contributed by atoms with van der Waals surface area (Å²) in [4.78, 5) is 0. The van der Waals surface area contributed by atoms with Crippen molar-refractivity contribution in [2.75, 3.05) is 13.2 Å². The third-order valence-corrected chi connectivity index (χ3v) is 4.61. The molecule has 2 N–H and O–H groups in total. The molecule has 16 heavy (non-hydrogen) atoms. The molecule has 1 spiro atoms. The van der Waals surface area contributed by atoms with Crippen molar-refractivity contribution in [1.82, 2.24) is 10.6 Å². The fourth-order valence-electron chi connectivity index (χ4n) is 4.10. The molecule has 2 bridgehead atoms. The molecule has 3 atom stereocenters. The summed E-state index contributed by atoms with van der Waals surface area (Å²) in [5.41, 5.74) is 0.128. The molecule has 3 nitrogen and oxygen atoms in total. The third kappa shape index (κ3) is 1.69. The molecule has 3 heterocycles. The standard InChI is InChI=1S/C13H24N2O/c1-9(2)12-13(16-6-5-14-12)7-10-3-4-11(8-13)15-10/h9-12,14-15H,3-8H2,1-2H3. The second-order valence-corrected chi connectivity index (χ2v) is 6.14. The van der Waals surface area contributed by atoms with E-state index in [0.717, 1.165) is 13.2 Å². The zero-order valence-electron chi connectivity index (χ0n) is 10.5. The van der Waals surface area contributed by atoms with Gasteiger partial charge in [-0.15, -0.1) is 0 Å². The Morgan fingerprint density at radius 3 is 2.50 bits per heavy atom. The summed E-state index contributed by atoms with van der Waals surface area (Å²) in [7, 11) is 0. The first-order valence-corrected chi connectivity index (χ1v) is 6.83. The van der Waals surface area contributed by atoms with Gasteiger partial charge in [0.25, 0.3) is 0 Å². The van der Waals surface area contributed by atoms with Gasteiger partial charge in [0.2, 0.25) is 0 Å². The third-order valence-electron chi connectivity index (χ3n) is 4.61. The van der Waals surface area contributed by atoms with Crippen LogP contribution in [0.4, 0.5) is 0 Å². The van der Waals surface area contributed by atoms with E-state index in [1.54, 1.807) is 0 Å². The summed E-state index contributed by atoms with van der Waals surface area (Å²) in [5.74, 6) is 0.665. The van der Waals surface area contributed by atoms with Crippen LogP contribution in [-0.4, -0.2) is 36.9 Å². The van der Waals surface area contributed by atoms with Crippen LogP contribution in [0.3, 0.4) is 0 Å². The number of ether oxygens (including phenoxy) is 1. The van der Waals surface area contributed by atoms with Crippen molar-refractivity contribution in [3.63, 3.8) is 0 Å². The van der Waals surface area contributed by atoms with Crippen LogP contribution in [0.1, 0.15) is 39.5 Å². The van der Waals surface area contributed by atoms with E-state index in [4.69, 9.17) is 4.74 Å². The Kier molecular flexibility index (Phi) is 2.73. The highest BCUT2D eigenvalue weighted by Crippen LogP contribution is 2.41. The zero-order chi connectivity index (χ0) is 11.2. The summed E-state index contributed by atoms with van der Waals surface area (Å²) in [6.45, 7) is 6.55. The molecule has 3 aliphatic heterocycles. The number of piperidine rings is 1. The van der Waals surface area contributed by atoms with Crippen LogP contribution in [0, 0.1) is 5.92 Å². The van der Waals surface area contributed by atoms with Gasteiger partial charge in [-0.25, -0.2) is 0 Å². The molecule has 0 aromatic rings. The summed E-state index contributed by atoms with van der Waals surface area (Å²) in [6.07, 6.45) is 5.11. The fourth-order valence-corrected chi connectivity index (χ4v) is 4.10. The largest absolute Gasteiger partial charge is 0.372 e. The molecule has 0 aliphatic carbocycles. The van der Waals surface area contributed by atoms with E-state index >= 15 is 0 Å². The van der Waals surface area contributed by atoms with Gasteiger partial charge in [-0.2, -0.15) is 0 Å². The lowest BCUT2D eigenvalue weighted by Gasteiger charge is -2.50. The van der Waals surface area contributed by atoms with E-state index in [1.807, 2.05) is 0 Å². The van der Waals surface area contributed by atoms with E-state index in [0.29, 0.717) is 24.0 Å². The molecule has 0 aromatic heterocycles. The molecule has 92 valence electrons. The SMILES string of the molecule is CC(C)C1NCCOC12CC1CCC(C2)N1. The topological polar surface area (TPSA) is 33.3 Å². The van der Waals surface area contributed by atoms with Crippen molar-refractivity contribution in [3.05, 3.63) is 0 Å². The Hall–Kier alpha value is -0.120. The fraction of sp³-hybridized carbons (Fsp3) is 1.00. The molecular weight excluding hydrogens is 200 g/mol. The Balaban J connectivity index is 1.83. The average molecular weight is 224 g/mol. The van der Waals surface area contributed by atoms with Gasteiger partial charge in [0.15, 0.2) is 0 Å². The molecule has 0 saturated carbocycles. The quantitative estimate of drug-likeness (QED) is 0.704. The normalized spacial score (nSPS) is 47.8. The second kappa shape index (κ2) is 3.97. The maximum atomic E-state index is 6.26. The van der Waals surface area contributed by atoms with Gasteiger partial charge in [0.05, 0.1) is 12.2 Å². The Morgan fingerprint density at radius 2 is 1.88 bits per heavy atom. The van der Waals surface area contributed by atoms with Crippen molar-refractivity contribution in [1.29, 1.82) is 0 Å². The van der Waals surface area contributed by atoms with Gasteiger partial charge in [-0.3, -0.25) is 0 Å². The molecule has 0 radical (unpaired) electrons. The van der Waals surface area contributed by atoms with E-state index < -0.39 is 0 Å². The Bertz CT molecular complexity index is 255. The second-order valence-electron chi connectivity index (χ2n) is 6.14. The number of rotatable bonds is 1. The van der Waals surface area contributed by atoms with Crippen molar-refractivity contribution in [3.8, 4) is 0 Å². The predicted molar refractivity (Wildman–Crippen MR) is 64.5 cm³/mol. The molecule has 3 saturated heterocycles. The first kappa shape index (κ1) is 11.0. The van der Waals surface area contributed by atoms with Crippen LogP contribution in [0.15, 0.2) is 0 Å². The molecule has 3 aliphatic rings. The van der Waals surface area contributed by atoms with E-state index in [2.05, 4.69) is 24.5 Å². The van der Waals surface area contributed by atoms with Crippen molar-refractivity contribution in [2.45, 2.75) is 63.3 Å². The summed E-state index contributed by atoms with van der Waals surface area (Å²) < 4.78 is 6.26. The van der Waals surface area contributed by atoms with E-state index in [9.17, 15) is 0 Å².